The first-order valence-electron chi connectivity index (χ1n) is 6.13. The van der Waals surface area contributed by atoms with Crippen LogP contribution in [-0.2, 0) is 0 Å². The van der Waals surface area contributed by atoms with E-state index in [4.69, 9.17) is 5.73 Å². The molecular weight excluding hydrogens is 268 g/mol. The molecule has 0 radical (unpaired) electrons. The molecule has 3 rings (SSSR count). The second-order valence-corrected chi connectivity index (χ2v) is 5.09. The molecule has 0 aliphatic rings. The molecule has 1 heterocycles. The lowest BCUT2D eigenvalue weighted by atomic mass is 9.99. The van der Waals surface area contributed by atoms with E-state index in [-0.39, 0.29) is 5.78 Å². The van der Waals surface area contributed by atoms with Crippen LogP contribution in [0.5, 0.6) is 0 Å². The smallest absolute Gasteiger partial charge is 0.193 e. The first-order valence-corrected chi connectivity index (χ1v) is 7.08. The van der Waals surface area contributed by atoms with Gasteiger partial charge in [-0.15, -0.1) is 11.3 Å². The van der Waals surface area contributed by atoms with Crippen LogP contribution in [0.3, 0.4) is 0 Å². The Morgan fingerprint density at radius 3 is 2.55 bits per heavy atom. The molecular formula is C16H12N2OS. The SMILES string of the molecule is Nc1ccc(C(=O)c2ccccc2)cc1-c1cscn1. The summed E-state index contributed by atoms with van der Waals surface area (Å²) in [4.78, 5) is 16.7. The minimum atomic E-state index is -0.0120. The highest BCUT2D eigenvalue weighted by atomic mass is 32.1. The van der Waals surface area contributed by atoms with E-state index in [2.05, 4.69) is 4.98 Å². The summed E-state index contributed by atoms with van der Waals surface area (Å²) in [7, 11) is 0. The van der Waals surface area contributed by atoms with Crippen LogP contribution in [0.2, 0.25) is 0 Å². The van der Waals surface area contributed by atoms with E-state index in [9.17, 15) is 4.79 Å². The van der Waals surface area contributed by atoms with Crippen LogP contribution in [-0.4, -0.2) is 10.8 Å². The number of benzene rings is 2. The molecule has 1 aromatic heterocycles. The molecule has 0 bridgehead atoms. The molecule has 0 saturated heterocycles. The maximum Gasteiger partial charge on any atom is 0.193 e. The number of hydrogen-bond donors (Lipinski definition) is 1. The van der Waals surface area contributed by atoms with Crippen LogP contribution < -0.4 is 5.73 Å². The number of anilines is 1. The molecule has 2 aromatic carbocycles. The van der Waals surface area contributed by atoms with Crippen LogP contribution in [0.15, 0.2) is 59.4 Å². The van der Waals surface area contributed by atoms with Crippen molar-refractivity contribution in [3.05, 3.63) is 70.5 Å². The molecule has 0 fully saturated rings. The number of ketones is 1. The summed E-state index contributed by atoms with van der Waals surface area (Å²) in [6.07, 6.45) is 0. The van der Waals surface area contributed by atoms with Crippen LogP contribution in [0, 0.1) is 0 Å². The zero-order chi connectivity index (χ0) is 13.9. The quantitative estimate of drug-likeness (QED) is 0.589. The maximum atomic E-state index is 12.4. The van der Waals surface area contributed by atoms with E-state index in [1.807, 2.05) is 23.6 Å². The largest absolute Gasteiger partial charge is 0.398 e. The number of nitrogens with zero attached hydrogens (tertiary/aromatic N) is 1. The highest BCUT2D eigenvalue weighted by Crippen LogP contribution is 2.27. The summed E-state index contributed by atoms with van der Waals surface area (Å²) in [5.74, 6) is -0.0120. The lowest BCUT2D eigenvalue weighted by Gasteiger charge is -2.06. The third-order valence-electron chi connectivity index (χ3n) is 3.06. The van der Waals surface area contributed by atoms with Gasteiger partial charge in [0.05, 0.1) is 11.2 Å². The van der Waals surface area contributed by atoms with Crippen molar-refractivity contribution in [3.63, 3.8) is 0 Å². The average Bonchev–Trinajstić information content (AvgIpc) is 3.02. The normalized spacial score (nSPS) is 10.4. The number of thiazole rings is 1. The molecule has 0 atom stereocenters. The maximum absolute atomic E-state index is 12.4. The number of nitrogens with two attached hydrogens (primary N) is 1. The van der Waals surface area contributed by atoms with Crippen molar-refractivity contribution in [2.24, 2.45) is 0 Å². The summed E-state index contributed by atoms with van der Waals surface area (Å²) in [6, 6.07) is 14.5. The van der Waals surface area contributed by atoms with E-state index in [1.54, 1.807) is 35.8 Å². The minimum Gasteiger partial charge on any atom is -0.398 e. The van der Waals surface area contributed by atoms with Crippen molar-refractivity contribution in [2.75, 3.05) is 5.73 Å². The van der Waals surface area contributed by atoms with Gasteiger partial charge in [-0.1, -0.05) is 30.3 Å². The van der Waals surface area contributed by atoms with Crippen molar-refractivity contribution in [1.82, 2.24) is 4.98 Å². The van der Waals surface area contributed by atoms with Gasteiger partial charge in [0.1, 0.15) is 0 Å². The standard InChI is InChI=1S/C16H12N2OS/c17-14-7-6-12(8-13(14)15-9-20-10-18-15)16(19)11-4-2-1-3-5-11/h1-10H,17H2. The van der Waals surface area contributed by atoms with Crippen molar-refractivity contribution >= 4 is 22.8 Å². The first kappa shape index (κ1) is 12.6. The number of carbonyl (C=O) groups is 1. The van der Waals surface area contributed by atoms with Gasteiger partial charge < -0.3 is 5.73 Å². The topological polar surface area (TPSA) is 56.0 Å². The molecule has 98 valence electrons. The number of carbonyl (C=O) groups excluding carboxylic acids is 1. The third kappa shape index (κ3) is 2.33. The molecule has 0 saturated carbocycles. The van der Waals surface area contributed by atoms with Gasteiger partial charge in [0.15, 0.2) is 5.78 Å². The van der Waals surface area contributed by atoms with Crippen molar-refractivity contribution in [2.45, 2.75) is 0 Å². The Morgan fingerprint density at radius 2 is 1.85 bits per heavy atom. The van der Waals surface area contributed by atoms with E-state index in [0.717, 1.165) is 11.3 Å². The molecule has 3 aromatic rings. The highest BCUT2D eigenvalue weighted by molar-refractivity contribution is 7.07. The molecule has 0 aliphatic carbocycles. The Balaban J connectivity index is 2.04. The van der Waals surface area contributed by atoms with Crippen LogP contribution in [0.4, 0.5) is 5.69 Å². The van der Waals surface area contributed by atoms with E-state index >= 15 is 0 Å². The monoisotopic (exact) mass is 280 g/mol. The molecule has 3 nitrogen and oxygen atoms in total. The van der Waals surface area contributed by atoms with E-state index in [0.29, 0.717) is 16.8 Å². The van der Waals surface area contributed by atoms with Crippen molar-refractivity contribution in [3.8, 4) is 11.3 Å². The van der Waals surface area contributed by atoms with Gasteiger partial charge in [-0.3, -0.25) is 4.79 Å². The van der Waals surface area contributed by atoms with Gasteiger partial charge in [0.2, 0.25) is 0 Å². The van der Waals surface area contributed by atoms with Crippen molar-refractivity contribution < 1.29 is 4.79 Å². The second-order valence-electron chi connectivity index (χ2n) is 4.37. The summed E-state index contributed by atoms with van der Waals surface area (Å²) in [6.45, 7) is 0. The van der Waals surface area contributed by atoms with Crippen LogP contribution >= 0.6 is 11.3 Å². The van der Waals surface area contributed by atoms with Crippen LogP contribution in [0.1, 0.15) is 15.9 Å². The number of rotatable bonds is 3. The zero-order valence-corrected chi connectivity index (χ0v) is 11.4. The van der Waals surface area contributed by atoms with Gasteiger partial charge >= 0.3 is 0 Å². The Morgan fingerprint density at radius 1 is 1.05 bits per heavy atom. The lowest BCUT2D eigenvalue weighted by Crippen LogP contribution is -2.02. The second kappa shape index (κ2) is 5.27. The molecule has 0 unspecified atom stereocenters. The average molecular weight is 280 g/mol. The Kier molecular flexibility index (Phi) is 3.31. The molecule has 0 spiro atoms. The number of aromatic nitrogens is 1. The number of nitrogen functional groups attached to an aromatic ring is 1. The van der Waals surface area contributed by atoms with E-state index < -0.39 is 0 Å². The molecule has 0 aliphatic heterocycles. The zero-order valence-electron chi connectivity index (χ0n) is 10.6. The van der Waals surface area contributed by atoms with Crippen molar-refractivity contribution in [1.29, 1.82) is 0 Å². The van der Waals surface area contributed by atoms with E-state index in [1.165, 1.54) is 11.3 Å². The molecule has 2 N–H and O–H groups in total. The molecule has 0 amide bonds. The summed E-state index contributed by atoms with van der Waals surface area (Å²) in [5, 5.41) is 1.92. The Labute approximate surface area is 120 Å². The summed E-state index contributed by atoms with van der Waals surface area (Å²) < 4.78 is 0. The van der Waals surface area contributed by atoms with Crippen LogP contribution in [0.25, 0.3) is 11.3 Å². The van der Waals surface area contributed by atoms with Gasteiger partial charge in [0.25, 0.3) is 0 Å². The first-order chi connectivity index (χ1) is 9.75. The molecule has 20 heavy (non-hydrogen) atoms. The number of hydrogen-bond acceptors (Lipinski definition) is 4. The fourth-order valence-corrected chi connectivity index (χ4v) is 2.57. The van der Waals surface area contributed by atoms with Gasteiger partial charge in [0, 0.05) is 27.8 Å². The minimum absolute atomic E-state index is 0.0120. The fourth-order valence-electron chi connectivity index (χ4n) is 2.02. The van der Waals surface area contributed by atoms with Gasteiger partial charge in [-0.05, 0) is 18.2 Å². The fraction of sp³-hybridized carbons (Fsp3) is 0. The van der Waals surface area contributed by atoms with Gasteiger partial charge in [-0.25, -0.2) is 4.98 Å². The lowest BCUT2D eigenvalue weighted by molar-refractivity contribution is 0.103. The summed E-state index contributed by atoms with van der Waals surface area (Å²) in [5.41, 5.74) is 11.2. The predicted octanol–water partition coefficient (Wildman–Crippen LogP) is 3.62. The Hall–Kier alpha value is -2.46. The molecule has 4 heteroatoms. The predicted molar refractivity (Wildman–Crippen MR) is 81.8 cm³/mol. The summed E-state index contributed by atoms with van der Waals surface area (Å²) >= 11 is 1.50. The third-order valence-corrected chi connectivity index (χ3v) is 3.65. The van der Waals surface area contributed by atoms with Gasteiger partial charge in [-0.2, -0.15) is 0 Å². The Bertz CT molecular complexity index is 736. The highest BCUT2D eigenvalue weighted by Gasteiger charge is 2.12.